The first-order valence-corrected chi connectivity index (χ1v) is 7.28. The Morgan fingerprint density at radius 1 is 1.39 bits per heavy atom. The molecular weight excluding hydrogens is 266 g/mol. The molecule has 2 rings (SSSR count). The molecule has 104 valence electrons. The second-order valence-electron chi connectivity index (χ2n) is 5.21. The first-order chi connectivity index (χ1) is 8.06. The van der Waals surface area contributed by atoms with Gasteiger partial charge in [0.25, 0.3) is 0 Å². The van der Waals surface area contributed by atoms with E-state index in [1.807, 2.05) is 11.3 Å². The molecule has 1 aliphatic rings. The van der Waals surface area contributed by atoms with Crippen LogP contribution < -0.4 is 5.73 Å². The van der Waals surface area contributed by atoms with Crippen molar-refractivity contribution in [3.63, 3.8) is 0 Å². The lowest BCUT2D eigenvalue weighted by atomic mass is 9.91. The molecule has 1 atom stereocenters. The van der Waals surface area contributed by atoms with Crippen LogP contribution in [0.4, 0.5) is 0 Å². The Morgan fingerprint density at radius 3 is 2.44 bits per heavy atom. The highest BCUT2D eigenvalue weighted by molar-refractivity contribution is 7.11. The van der Waals surface area contributed by atoms with Crippen molar-refractivity contribution in [1.82, 2.24) is 9.88 Å². The molecule has 18 heavy (non-hydrogen) atoms. The second kappa shape index (κ2) is 6.85. The highest BCUT2D eigenvalue weighted by Gasteiger charge is 2.22. The summed E-state index contributed by atoms with van der Waals surface area (Å²) in [5.41, 5.74) is 7.18. The molecule has 0 radical (unpaired) electrons. The Hall–Kier alpha value is -0.160. The van der Waals surface area contributed by atoms with Crippen LogP contribution in [0.2, 0.25) is 0 Å². The number of hydrogen-bond donors (Lipinski definition) is 1. The molecule has 0 aliphatic carbocycles. The first kappa shape index (κ1) is 15.9. The summed E-state index contributed by atoms with van der Waals surface area (Å²) in [7, 11) is 0. The summed E-state index contributed by atoms with van der Waals surface area (Å²) in [4.78, 5) is 8.46. The minimum absolute atomic E-state index is 0. The molecule has 1 unspecified atom stereocenters. The van der Waals surface area contributed by atoms with Gasteiger partial charge < -0.3 is 5.73 Å². The summed E-state index contributed by atoms with van der Waals surface area (Å²) >= 11 is 1.84. The molecular formula is C13H24ClN3S. The quantitative estimate of drug-likeness (QED) is 0.930. The summed E-state index contributed by atoms with van der Waals surface area (Å²) in [5.74, 6) is 0.718. The zero-order valence-electron chi connectivity index (χ0n) is 11.5. The number of aryl methyl sites for hydroxylation is 2. The van der Waals surface area contributed by atoms with Gasteiger partial charge in [-0.25, -0.2) is 4.98 Å². The Labute approximate surface area is 120 Å². The van der Waals surface area contributed by atoms with Gasteiger partial charge in [-0.2, -0.15) is 0 Å². The zero-order valence-corrected chi connectivity index (χ0v) is 13.1. The molecule has 2 heterocycles. The molecule has 0 spiro atoms. The number of thiazole rings is 1. The molecule has 0 amide bonds. The van der Waals surface area contributed by atoms with Crippen molar-refractivity contribution in [1.29, 1.82) is 0 Å². The average molecular weight is 290 g/mol. The van der Waals surface area contributed by atoms with Gasteiger partial charge in [0.2, 0.25) is 0 Å². The van der Waals surface area contributed by atoms with E-state index in [9.17, 15) is 0 Å². The monoisotopic (exact) mass is 289 g/mol. The van der Waals surface area contributed by atoms with Crippen LogP contribution >= 0.6 is 23.7 Å². The smallest absolute Gasteiger partial charge is 0.0900 e. The van der Waals surface area contributed by atoms with Crippen LogP contribution in [0.1, 0.15) is 35.3 Å². The van der Waals surface area contributed by atoms with Crippen molar-refractivity contribution in [2.75, 3.05) is 13.1 Å². The third-order valence-corrected chi connectivity index (χ3v) is 4.80. The first-order valence-electron chi connectivity index (χ1n) is 6.47. The summed E-state index contributed by atoms with van der Waals surface area (Å²) in [6.07, 6.45) is 2.49. The average Bonchev–Trinajstić information content (AvgIpc) is 2.58. The van der Waals surface area contributed by atoms with E-state index in [0.29, 0.717) is 6.04 Å². The lowest BCUT2D eigenvalue weighted by Crippen LogP contribution is -2.39. The number of hydrogen-bond acceptors (Lipinski definition) is 4. The Morgan fingerprint density at radius 2 is 2.00 bits per heavy atom. The number of piperidine rings is 1. The van der Waals surface area contributed by atoms with Crippen LogP contribution in [0.3, 0.4) is 0 Å². The van der Waals surface area contributed by atoms with Crippen LogP contribution in [0.15, 0.2) is 0 Å². The number of nitrogens with zero attached hydrogens (tertiary/aromatic N) is 2. The summed E-state index contributed by atoms with van der Waals surface area (Å²) in [6.45, 7) is 9.78. The third-order valence-electron chi connectivity index (χ3n) is 3.74. The van der Waals surface area contributed by atoms with Crippen LogP contribution in [-0.4, -0.2) is 29.0 Å². The van der Waals surface area contributed by atoms with E-state index < -0.39 is 0 Å². The number of rotatable bonds is 3. The van der Waals surface area contributed by atoms with E-state index in [4.69, 9.17) is 5.73 Å². The summed E-state index contributed by atoms with van der Waals surface area (Å²) < 4.78 is 0. The maximum Gasteiger partial charge on any atom is 0.0900 e. The number of halogens is 1. The zero-order chi connectivity index (χ0) is 12.4. The highest BCUT2D eigenvalue weighted by atomic mass is 35.5. The largest absolute Gasteiger partial charge is 0.328 e. The van der Waals surface area contributed by atoms with Crippen molar-refractivity contribution in [2.24, 2.45) is 11.7 Å². The molecule has 0 saturated carbocycles. The van der Waals surface area contributed by atoms with Crippen LogP contribution in [-0.2, 0) is 6.54 Å². The molecule has 0 bridgehead atoms. The summed E-state index contributed by atoms with van der Waals surface area (Å²) in [6, 6.07) is 0.351. The maximum atomic E-state index is 5.97. The standard InChI is InChI=1S/C13H23N3S.ClH/c1-9(14)12-4-6-16(7-5-12)8-13-10(2)15-11(3)17-13;/h9,12H,4-8,14H2,1-3H3;1H. The second-order valence-corrected chi connectivity index (χ2v) is 6.50. The number of nitrogens with two attached hydrogens (primary N) is 1. The molecule has 0 aromatic carbocycles. The molecule has 3 nitrogen and oxygen atoms in total. The van der Waals surface area contributed by atoms with Crippen LogP contribution in [0.25, 0.3) is 0 Å². The van der Waals surface area contributed by atoms with Crippen molar-refractivity contribution in [2.45, 2.75) is 46.2 Å². The van der Waals surface area contributed by atoms with Crippen LogP contribution in [0, 0.1) is 19.8 Å². The number of aromatic nitrogens is 1. The molecule has 1 aliphatic heterocycles. The van der Waals surface area contributed by atoms with Gasteiger partial charge in [0.1, 0.15) is 0 Å². The molecule has 1 aromatic rings. The van der Waals surface area contributed by atoms with E-state index in [2.05, 4.69) is 30.7 Å². The van der Waals surface area contributed by atoms with Crippen molar-refractivity contribution >= 4 is 23.7 Å². The Kier molecular flexibility index (Phi) is 6.05. The fourth-order valence-electron chi connectivity index (χ4n) is 2.56. The van der Waals surface area contributed by atoms with Crippen molar-refractivity contribution in [3.05, 3.63) is 15.6 Å². The number of likely N-dealkylation sites (tertiary alicyclic amines) is 1. The maximum absolute atomic E-state index is 5.97. The Bertz CT molecular complexity index is 370. The van der Waals surface area contributed by atoms with Crippen LogP contribution in [0.5, 0.6) is 0 Å². The van der Waals surface area contributed by atoms with Gasteiger partial charge in [-0.1, -0.05) is 0 Å². The predicted molar refractivity (Wildman–Crippen MR) is 80.5 cm³/mol. The third kappa shape index (κ3) is 3.92. The van der Waals surface area contributed by atoms with E-state index in [1.54, 1.807) is 0 Å². The highest BCUT2D eigenvalue weighted by Crippen LogP contribution is 2.24. The summed E-state index contributed by atoms with van der Waals surface area (Å²) in [5, 5.41) is 1.18. The SMILES string of the molecule is Cc1nc(C)c(CN2CCC(C(C)N)CC2)s1.Cl. The molecule has 1 aromatic heterocycles. The molecule has 1 fully saturated rings. The van der Waals surface area contributed by atoms with E-state index >= 15 is 0 Å². The molecule has 5 heteroatoms. The minimum atomic E-state index is 0. The van der Waals surface area contributed by atoms with Crippen molar-refractivity contribution < 1.29 is 0 Å². The normalized spacial score (nSPS) is 19.6. The van der Waals surface area contributed by atoms with Gasteiger partial charge in [0.15, 0.2) is 0 Å². The van der Waals surface area contributed by atoms with E-state index in [-0.39, 0.29) is 12.4 Å². The lowest BCUT2D eigenvalue weighted by molar-refractivity contribution is 0.166. The van der Waals surface area contributed by atoms with Gasteiger partial charge in [-0.05, 0) is 52.6 Å². The van der Waals surface area contributed by atoms with Gasteiger partial charge in [0.05, 0.1) is 10.7 Å². The topological polar surface area (TPSA) is 42.2 Å². The van der Waals surface area contributed by atoms with Crippen molar-refractivity contribution in [3.8, 4) is 0 Å². The Balaban J connectivity index is 0.00000162. The van der Waals surface area contributed by atoms with E-state index in [1.165, 1.54) is 41.5 Å². The van der Waals surface area contributed by atoms with Gasteiger partial charge in [-0.15, -0.1) is 23.7 Å². The minimum Gasteiger partial charge on any atom is -0.328 e. The van der Waals surface area contributed by atoms with Gasteiger partial charge >= 0.3 is 0 Å². The molecule has 1 saturated heterocycles. The molecule has 2 N–H and O–H groups in total. The van der Waals surface area contributed by atoms with E-state index in [0.717, 1.165) is 12.5 Å². The van der Waals surface area contributed by atoms with Gasteiger partial charge in [0, 0.05) is 17.5 Å². The lowest BCUT2D eigenvalue weighted by Gasteiger charge is -2.33. The fourth-order valence-corrected chi connectivity index (χ4v) is 3.54. The van der Waals surface area contributed by atoms with Gasteiger partial charge in [-0.3, -0.25) is 4.90 Å². The fraction of sp³-hybridized carbons (Fsp3) is 0.769. The predicted octanol–water partition coefficient (Wildman–Crippen LogP) is 2.74.